The number of unbranched alkanes of at least 4 members (excludes halogenated alkanes) is 2. The minimum absolute atomic E-state index is 0.0148. The summed E-state index contributed by atoms with van der Waals surface area (Å²) in [5.41, 5.74) is 0. The van der Waals surface area contributed by atoms with E-state index in [4.69, 9.17) is 4.74 Å². The van der Waals surface area contributed by atoms with E-state index in [0.717, 1.165) is 32.4 Å². The molecular formula is C11H22N2O2. The predicted octanol–water partition coefficient (Wildman–Crippen LogP) is 0.969. The van der Waals surface area contributed by atoms with Gasteiger partial charge in [0.1, 0.15) is 0 Å². The van der Waals surface area contributed by atoms with E-state index in [1.165, 1.54) is 0 Å². The van der Waals surface area contributed by atoms with Gasteiger partial charge in [0.25, 0.3) is 0 Å². The molecule has 88 valence electrons. The highest BCUT2D eigenvalue weighted by Crippen LogP contribution is 2.11. The lowest BCUT2D eigenvalue weighted by Crippen LogP contribution is -2.35. The zero-order valence-corrected chi connectivity index (χ0v) is 9.95. The normalized spacial score (nSPS) is 26.3. The standard InChI is InChI=1S/C11H22N2O2/c1-9-11(14)13(10(2)12-9)7-5-4-6-8-15-3/h9-10,12H,4-8H2,1-3H3. The molecule has 2 unspecified atom stereocenters. The lowest BCUT2D eigenvalue weighted by molar-refractivity contribution is -0.129. The fourth-order valence-corrected chi connectivity index (χ4v) is 1.97. The van der Waals surface area contributed by atoms with Crippen molar-refractivity contribution in [2.45, 2.75) is 45.3 Å². The van der Waals surface area contributed by atoms with E-state index in [9.17, 15) is 4.79 Å². The molecule has 1 aliphatic rings. The molecule has 2 atom stereocenters. The summed E-state index contributed by atoms with van der Waals surface area (Å²) in [5.74, 6) is 0.231. The van der Waals surface area contributed by atoms with Crippen LogP contribution in [0.3, 0.4) is 0 Å². The van der Waals surface area contributed by atoms with Crippen molar-refractivity contribution < 1.29 is 9.53 Å². The number of hydrogen-bond acceptors (Lipinski definition) is 3. The van der Waals surface area contributed by atoms with Crippen LogP contribution in [0.5, 0.6) is 0 Å². The lowest BCUT2D eigenvalue weighted by Gasteiger charge is -2.20. The summed E-state index contributed by atoms with van der Waals surface area (Å²) in [5, 5.41) is 3.22. The van der Waals surface area contributed by atoms with Crippen molar-refractivity contribution in [3.63, 3.8) is 0 Å². The molecule has 0 aromatic heterocycles. The van der Waals surface area contributed by atoms with E-state index >= 15 is 0 Å². The van der Waals surface area contributed by atoms with Gasteiger partial charge in [-0.3, -0.25) is 10.1 Å². The van der Waals surface area contributed by atoms with Crippen molar-refractivity contribution in [1.82, 2.24) is 10.2 Å². The number of nitrogens with one attached hydrogen (secondary N) is 1. The zero-order chi connectivity index (χ0) is 11.3. The molecule has 4 nitrogen and oxygen atoms in total. The highest BCUT2D eigenvalue weighted by molar-refractivity contribution is 5.83. The summed E-state index contributed by atoms with van der Waals surface area (Å²) < 4.78 is 4.98. The van der Waals surface area contributed by atoms with E-state index in [-0.39, 0.29) is 18.1 Å². The molecule has 4 heteroatoms. The van der Waals surface area contributed by atoms with E-state index in [1.807, 2.05) is 18.7 Å². The summed E-state index contributed by atoms with van der Waals surface area (Å²) in [4.78, 5) is 13.6. The Hall–Kier alpha value is -0.610. The van der Waals surface area contributed by atoms with Gasteiger partial charge in [-0.05, 0) is 33.1 Å². The summed E-state index contributed by atoms with van der Waals surface area (Å²) in [6.45, 7) is 5.64. The summed E-state index contributed by atoms with van der Waals surface area (Å²) in [7, 11) is 1.72. The Balaban J connectivity index is 2.18. The van der Waals surface area contributed by atoms with E-state index in [0.29, 0.717) is 0 Å². The maximum atomic E-state index is 11.7. The topological polar surface area (TPSA) is 41.6 Å². The van der Waals surface area contributed by atoms with Crippen LogP contribution in [0.1, 0.15) is 33.1 Å². The first kappa shape index (κ1) is 12.5. The third-order valence-electron chi connectivity index (χ3n) is 2.86. The zero-order valence-electron chi connectivity index (χ0n) is 9.95. The number of nitrogens with zero attached hydrogens (tertiary/aromatic N) is 1. The minimum Gasteiger partial charge on any atom is -0.385 e. The number of methoxy groups -OCH3 is 1. The van der Waals surface area contributed by atoms with Crippen LogP contribution in [0.2, 0.25) is 0 Å². The van der Waals surface area contributed by atoms with Gasteiger partial charge in [0.05, 0.1) is 12.2 Å². The predicted molar refractivity (Wildman–Crippen MR) is 59.5 cm³/mol. The monoisotopic (exact) mass is 214 g/mol. The highest BCUT2D eigenvalue weighted by atomic mass is 16.5. The first-order chi connectivity index (χ1) is 7.16. The number of carbonyl (C=O) groups excluding carboxylic acids is 1. The fraction of sp³-hybridized carbons (Fsp3) is 0.909. The van der Waals surface area contributed by atoms with Crippen molar-refractivity contribution >= 4 is 5.91 Å². The van der Waals surface area contributed by atoms with Crippen LogP contribution in [0.25, 0.3) is 0 Å². The second-order valence-corrected chi connectivity index (χ2v) is 4.15. The van der Waals surface area contributed by atoms with Crippen LogP contribution in [0.15, 0.2) is 0 Å². The molecule has 0 aromatic carbocycles. The lowest BCUT2D eigenvalue weighted by atomic mass is 10.2. The van der Waals surface area contributed by atoms with Crippen molar-refractivity contribution in [2.24, 2.45) is 0 Å². The molecule has 0 saturated carbocycles. The van der Waals surface area contributed by atoms with Gasteiger partial charge in [0.2, 0.25) is 5.91 Å². The second kappa shape index (κ2) is 6.08. The smallest absolute Gasteiger partial charge is 0.240 e. The number of ether oxygens (including phenoxy) is 1. The highest BCUT2D eigenvalue weighted by Gasteiger charge is 2.32. The Morgan fingerprint density at radius 3 is 2.60 bits per heavy atom. The number of rotatable bonds is 6. The van der Waals surface area contributed by atoms with Gasteiger partial charge in [0, 0.05) is 20.3 Å². The summed E-state index contributed by atoms with van der Waals surface area (Å²) in [6, 6.07) is -0.0148. The molecule has 1 saturated heterocycles. The molecular weight excluding hydrogens is 192 g/mol. The van der Waals surface area contributed by atoms with Crippen molar-refractivity contribution in [1.29, 1.82) is 0 Å². The van der Waals surface area contributed by atoms with Crippen LogP contribution in [-0.4, -0.2) is 43.3 Å². The summed E-state index contributed by atoms with van der Waals surface area (Å²) in [6.07, 6.45) is 3.46. The summed E-state index contributed by atoms with van der Waals surface area (Å²) >= 11 is 0. The Kier molecular flexibility index (Phi) is 5.05. The first-order valence-corrected chi connectivity index (χ1v) is 5.72. The van der Waals surface area contributed by atoms with Gasteiger partial charge in [-0.2, -0.15) is 0 Å². The van der Waals surface area contributed by atoms with Crippen LogP contribution in [-0.2, 0) is 9.53 Å². The second-order valence-electron chi connectivity index (χ2n) is 4.15. The average molecular weight is 214 g/mol. The van der Waals surface area contributed by atoms with Gasteiger partial charge in [-0.25, -0.2) is 0 Å². The SMILES string of the molecule is COCCCCCN1C(=O)C(C)NC1C. The average Bonchev–Trinajstić information content (AvgIpc) is 2.44. The maximum absolute atomic E-state index is 11.7. The Bertz CT molecular complexity index is 209. The van der Waals surface area contributed by atoms with Gasteiger partial charge >= 0.3 is 0 Å². The largest absolute Gasteiger partial charge is 0.385 e. The van der Waals surface area contributed by atoms with Crippen LogP contribution in [0.4, 0.5) is 0 Å². The quantitative estimate of drug-likeness (QED) is 0.670. The molecule has 1 heterocycles. The molecule has 0 aromatic rings. The van der Waals surface area contributed by atoms with Crippen LogP contribution >= 0.6 is 0 Å². The van der Waals surface area contributed by atoms with Crippen LogP contribution < -0.4 is 5.32 Å². The maximum Gasteiger partial charge on any atom is 0.240 e. The minimum atomic E-state index is -0.0148. The fourth-order valence-electron chi connectivity index (χ4n) is 1.97. The molecule has 1 N–H and O–H groups in total. The third kappa shape index (κ3) is 3.47. The molecule has 0 radical (unpaired) electrons. The van der Waals surface area contributed by atoms with Gasteiger partial charge in [-0.1, -0.05) is 0 Å². The van der Waals surface area contributed by atoms with Gasteiger partial charge in [-0.15, -0.1) is 0 Å². The molecule has 1 fully saturated rings. The number of hydrogen-bond donors (Lipinski definition) is 1. The molecule has 1 amide bonds. The van der Waals surface area contributed by atoms with Crippen LogP contribution in [0, 0.1) is 0 Å². The molecule has 0 spiro atoms. The van der Waals surface area contributed by atoms with Crippen molar-refractivity contribution in [3.05, 3.63) is 0 Å². The molecule has 0 aliphatic carbocycles. The Labute approximate surface area is 92.0 Å². The van der Waals surface area contributed by atoms with E-state index in [2.05, 4.69) is 5.32 Å². The van der Waals surface area contributed by atoms with Crippen molar-refractivity contribution in [3.8, 4) is 0 Å². The van der Waals surface area contributed by atoms with E-state index in [1.54, 1.807) is 7.11 Å². The Morgan fingerprint density at radius 2 is 2.07 bits per heavy atom. The number of carbonyl (C=O) groups is 1. The van der Waals surface area contributed by atoms with Gasteiger partial charge in [0.15, 0.2) is 0 Å². The van der Waals surface area contributed by atoms with Crippen molar-refractivity contribution in [2.75, 3.05) is 20.3 Å². The number of amides is 1. The molecule has 0 bridgehead atoms. The molecule has 1 rings (SSSR count). The third-order valence-corrected chi connectivity index (χ3v) is 2.86. The van der Waals surface area contributed by atoms with E-state index < -0.39 is 0 Å². The van der Waals surface area contributed by atoms with Gasteiger partial charge < -0.3 is 9.64 Å². The Morgan fingerprint density at radius 1 is 1.33 bits per heavy atom. The first-order valence-electron chi connectivity index (χ1n) is 5.72. The molecule has 1 aliphatic heterocycles. The molecule has 15 heavy (non-hydrogen) atoms.